The summed E-state index contributed by atoms with van der Waals surface area (Å²) in [6, 6.07) is 11.8. The van der Waals surface area contributed by atoms with Crippen LogP contribution < -0.4 is 5.32 Å². The minimum absolute atomic E-state index is 0.188. The highest BCUT2D eigenvalue weighted by Crippen LogP contribution is 2.32. The van der Waals surface area contributed by atoms with Crippen LogP contribution in [0, 0.1) is 5.92 Å². The van der Waals surface area contributed by atoms with Crippen molar-refractivity contribution >= 4 is 5.91 Å². The van der Waals surface area contributed by atoms with Gasteiger partial charge in [-0.25, -0.2) is 0 Å². The van der Waals surface area contributed by atoms with Gasteiger partial charge in [-0.2, -0.15) is 13.2 Å². The van der Waals surface area contributed by atoms with Gasteiger partial charge >= 0.3 is 6.18 Å². The Morgan fingerprint density at radius 2 is 1.70 bits per heavy atom. The molecular weight excluding hydrogens is 303 g/mol. The van der Waals surface area contributed by atoms with Crippen LogP contribution in [0.25, 0.3) is 11.1 Å². The number of rotatable bonds is 4. The van der Waals surface area contributed by atoms with Gasteiger partial charge in [-0.3, -0.25) is 4.79 Å². The summed E-state index contributed by atoms with van der Waals surface area (Å²) in [6.07, 6.45) is -2.08. The van der Waals surface area contributed by atoms with Crippen LogP contribution in [0.1, 0.15) is 28.8 Å². The molecule has 0 heterocycles. The van der Waals surface area contributed by atoms with Crippen LogP contribution in [0.2, 0.25) is 0 Å². The minimum Gasteiger partial charge on any atom is -0.352 e. The number of hydrogen-bond acceptors (Lipinski definition) is 1. The highest BCUT2D eigenvalue weighted by Gasteiger charge is 2.30. The Labute approximate surface area is 132 Å². The highest BCUT2D eigenvalue weighted by atomic mass is 19.4. The van der Waals surface area contributed by atoms with Crippen molar-refractivity contribution in [2.24, 2.45) is 5.92 Å². The first-order valence-electron chi connectivity index (χ1n) is 7.50. The number of benzene rings is 2. The zero-order chi connectivity index (χ0) is 16.4. The van der Waals surface area contributed by atoms with Crippen LogP contribution in [-0.2, 0) is 6.18 Å². The Morgan fingerprint density at radius 3 is 2.30 bits per heavy atom. The van der Waals surface area contributed by atoms with Crippen LogP contribution in [0.4, 0.5) is 13.2 Å². The highest BCUT2D eigenvalue weighted by molar-refractivity contribution is 6.00. The maximum atomic E-state index is 12.6. The Kier molecular flexibility index (Phi) is 4.11. The standard InChI is InChI=1S/C18H16F3NO/c19-18(20,21)14-9-7-13(8-10-14)15-3-1-2-4-16(15)17(23)22-11-12-5-6-12/h1-4,7-10,12H,5-6,11H2,(H,22,23). The van der Waals surface area contributed by atoms with Gasteiger partial charge in [0.25, 0.3) is 5.91 Å². The number of alkyl halides is 3. The van der Waals surface area contributed by atoms with E-state index in [0.717, 1.165) is 25.0 Å². The first-order chi connectivity index (χ1) is 10.9. The summed E-state index contributed by atoms with van der Waals surface area (Å²) >= 11 is 0. The molecule has 1 aliphatic carbocycles. The summed E-state index contributed by atoms with van der Waals surface area (Å²) in [5.41, 5.74) is 1.01. The normalized spacial score (nSPS) is 14.6. The molecule has 0 aromatic heterocycles. The fourth-order valence-electron chi connectivity index (χ4n) is 2.43. The maximum Gasteiger partial charge on any atom is 0.416 e. The first kappa shape index (κ1) is 15.6. The molecule has 0 saturated heterocycles. The second-order valence-electron chi connectivity index (χ2n) is 5.77. The van der Waals surface area contributed by atoms with E-state index in [0.29, 0.717) is 29.2 Å². The van der Waals surface area contributed by atoms with E-state index in [1.807, 2.05) is 0 Å². The molecule has 0 spiro atoms. The molecule has 23 heavy (non-hydrogen) atoms. The third-order valence-electron chi connectivity index (χ3n) is 3.94. The van der Waals surface area contributed by atoms with Gasteiger partial charge in [0.05, 0.1) is 5.56 Å². The zero-order valence-electron chi connectivity index (χ0n) is 12.4. The van der Waals surface area contributed by atoms with Crippen LogP contribution >= 0.6 is 0 Å². The Hall–Kier alpha value is -2.30. The molecule has 2 aromatic rings. The van der Waals surface area contributed by atoms with E-state index < -0.39 is 11.7 Å². The summed E-state index contributed by atoms with van der Waals surface area (Å²) in [7, 11) is 0. The lowest BCUT2D eigenvalue weighted by molar-refractivity contribution is -0.137. The molecule has 120 valence electrons. The van der Waals surface area contributed by atoms with E-state index in [4.69, 9.17) is 0 Å². The molecule has 1 saturated carbocycles. The topological polar surface area (TPSA) is 29.1 Å². The molecule has 5 heteroatoms. The molecule has 1 aliphatic rings. The maximum absolute atomic E-state index is 12.6. The molecule has 0 radical (unpaired) electrons. The second kappa shape index (κ2) is 6.07. The van der Waals surface area contributed by atoms with Crippen LogP contribution in [-0.4, -0.2) is 12.5 Å². The molecule has 0 atom stereocenters. The average Bonchev–Trinajstić information content (AvgIpc) is 3.36. The van der Waals surface area contributed by atoms with Gasteiger partial charge < -0.3 is 5.32 Å². The third kappa shape index (κ3) is 3.73. The van der Waals surface area contributed by atoms with Gasteiger partial charge in [0, 0.05) is 12.1 Å². The van der Waals surface area contributed by atoms with Gasteiger partial charge in [-0.15, -0.1) is 0 Å². The average molecular weight is 319 g/mol. The van der Waals surface area contributed by atoms with E-state index in [2.05, 4.69) is 5.32 Å². The molecule has 1 amide bonds. The van der Waals surface area contributed by atoms with Crippen molar-refractivity contribution in [2.45, 2.75) is 19.0 Å². The summed E-state index contributed by atoms with van der Waals surface area (Å²) in [4.78, 5) is 12.3. The second-order valence-corrected chi connectivity index (χ2v) is 5.77. The van der Waals surface area contributed by atoms with Gasteiger partial charge in [0.2, 0.25) is 0 Å². The Morgan fingerprint density at radius 1 is 1.04 bits per heavy atom. The predicted octanol–water partition coefficient (Wildman–Crippen LogP) is 4.51. The molecule has 0 bridgehead atoms. The number of amides is 1. The van der Waals surface area contributed by atoms with E-state index in [9.17, 15) is 18.0 Å². The molecule has 1 N–H and O–H groups in total. The molecule has 2 aromatic carbocycles. The van der Waals surface area contributed by atoms with Gasteiger partial charge in [-0.05, 0) is 48.1 Å². The third-order valence-corrected chi connectivity index (χ3v) is 3.94. The summed E-state index contributed by atoms with van der Waals surface area (Å²) in [5, 5.41) is 2.89. The molecule has 2 nitrogen and oxygen atoms in total. The lowest BCUT2D eigenvalue weighted by Crippen LogP contribution is -2.26. The fourth-order valence-corrected chi connectivity index (χ4v) is 2.43. The lowest BCUT2D eigenvalue weighted by Gasteiger charge is -2.11. The quantitative estimate of drug-likeness (QED) is 0.882. The van der Waals surface area contributed by atoms with E-state index in [-0.39, 0.29) is 5.91 Å². The number of hydrogen-bond donors (Lipinski definition) is 1. The molecule has 0 unspecified atom stereocenters. The van der Waals surface area contributed by atoms with E-state index in [1.165, 1.54) is 12.1 Å². The van der Waals surface area contributed by atoms with Crippen LogP contribution in [0.5, 0.6) is 0 Å². The molecule has 0 aliphatic heterocycles. The largest absolute Gasteiger partial charge is 0.416 e. The van der Waals surface area contributed by atoms with Gasteiger partial charge in [0.1, 0.15) is 0 Å². The number of carbonyl (C=O) groups excluding carboxylic acids is 1. The summed E-state index contributed by atoms with van der Waals surface area (Å²) < 4.78 is 37.9. The molecular formula is C18H16F3NO. The monoisotopic (exact) mass is 319 g/mol. The Bertz CT molecular complexity index is 703. The van der Waals surface area contributed by atoms with Gasteiger partial charge in [-0.1, -0.05) is 30.3 Å². The van der Waals surface area contributed by atoms with Crippen molar-refractivity contribution in [3.8, 4) is 11.1 Å². The predicted molar refractivity (Wildman–Crippen MR) is 81.9 cm³/mol. The van der Waals surface area contributed by atoms with Crippen molar-refractivity contribution in [1.82, 2.24) is 5.32 Å². The molecule has 1 fully saturated rings. The summed E-state index contributed by atoms with van der Waals surface area (Å²) in [5.74, 6) is 0.379. The van der Waals surface area contributed by atoms with E-state index >= 15 is 0 Å². The number of halogens is 3. The van der Waals surface area contributed by atoms with Crippen molar-refractivity contribution in [2.75, 3.05) is 6.54 Å². The molecule has 3 rings (SSSR count). The van der Waals surface area contributed by atoms with Gasteiger partial charge in [0.15, 0.2) is 0 Å². The number of nitrogens with one attached hydrogen (secondary N) is 1. The lowest BCUT2D eigenvalue weighted by atomic mass is 9.98. The number of carbonyl (C=O) groups is 1. The van der Waals surface area contributed by atoms with Crippen molar-refractivity contribution in [3.05, 3.63) is 59.7 Å². The Balaban J connectivity index is 1.85. The minimum atomic E-state index is -4.36. The van der Waals surface area contributed by atoms with Crippen molar-refractivity contribution in [3.63, 3.8) is 0 Å². The van der Waals surface area contributed by atoms with Crippen molar-refractivity contribution < 1.29 is 18.0 Å². The van der Waals surface area contributed by atoms with Crippen molar-refractivity contribution in [1.29, 1.82) is 0 Å². The SMILES string of the molecule is O=C(NCC1CC1)c1ccccc1-c1ccc(C(F)(F)F)cc1. The zero-order valence-corrected chi connectivity index (χ0v) is 12.4. The van der Waals surface area contributed by atoms with Crippen LogP contribution in [0.3, 0.4) is 0 Å². The fraction of sp³-hybridized carbons (Fsp3) is 0.278. The smallest absolute Gasteiger partial charge is 0.352 e. The van der Waals surface area contributed by atoms with Crippen LogP contribution in [0.15, 0.2) is 48.5 Å². The first-order valence-corrected chi connectivity index (χ1v) is 7.50. The van der Waals surface area contributed by atoms with E-state index in [1.54, 1.807) is 24.3 Å². The summed E-state index contributed by atoms with van der Waals surface area (Å²) in [6.45, 7) is 0.653.